The van der Waals surface area contributed by atoms with Crippen LogP contribution in [-0.2, 0) is 4.74 Å². The lowest BCUT2D eigenvalue weighted by atomic mass is 10.1. The number of unbranched alkanes of at least 4 members (excludes halogenated alkanes) is 8. The Hall–Kier alpha value is -2.56. The molecule has 0 heterocycles. The van der Waals surface area contributed by atoms with Crippen LogP contribution >= 0.6 is 0 Å². The lowest BCUT2D eigenvalue weighted by Crippen LogP contribution is -2.27. The quantitative estimate of drug-likeness (QED) is 0.175. The average Bonchev–Trinajstić information content (AvgIpc) is 2.87. The Balaban J connectivity index is 2.64. The highest BCUT2D eigenvalue weighted by atomic mass is 16.5. The highest BCUT2D eigenvalue weighted by Gasteiger charge is 2.14. The Kier molecular flexibility index (Phi) is 18.1. The number of hydrogen-bond donors (Lipinski definition) is 3. The first-order valence-electron chi connectivity index (χ1n) is 13.1. The van der Waals surface area contributed by atoms with Crippen LogP contribution in [0.25, 0.3) is 0 Å². The molecular formula is C28H44N2O5. The van der Waals surface area contributed by atoms with Crippen molar-refractivity contribution in [3.63, 3.8) is 0 Å². The highest BCUT2D eigenvalue weighted by molar-refractivity contribution is 6.00. The van der Waals surface area contributed by atoms with E-state index in [1.807, 2.05) is 6.92 Å². The van der Waals surface area contributed by atoms with Crippen LogP contribution in [0.5, 0.6) is 5.75 Å². The number of amides is 2. The number of carbonyl (C=O) groups excluding carboxylic acids is 2. The summed E-state index contributed by atoms with van der Waals surface area (Å²) in [6, 6.07) is 4.98. The fourth-order valence-electron chi connectivity index (χ4n) is 3.49. The third kappa shape index (κ3) is 15.1. The molecule has 0 radical (unpaired) electrons. The molecule has 0 fully saturated rings. The van der Waals surface area contributed by atoms with Gasteiger partial charge in [0, 0.05) is 50.5 Å². The predicted octanol–water partition coefficient (Wildman–Crippen LogP) is 4.48. The largest absolute Gasteiger partial charge is 0.494 e. The number of carbonyl (C=O) groups is 2. The second kappa shape index (κ2) is 20.8. The van der Waals surface area contributed by atoms with Crippen LogP contribution in [0.1, 0.15) is 98.3 Å². The maximum absolute atomic E-state index is 12.8. The molecule has 0 aliphatic heterocycles. The van der Waals surface area contributed by atoms with E-state index in [1.54, 1.807) is 18.2 Å². The summed E-state index contributed by atoms with van der Waals surface area (Å²) in [4.78, 5) is 25.5. The molecule has 0 spiro atoms. The van der Waals surface area contributed by atoms with E-state index in [0.717, 1.165) is 77.4 Å². The molecule has 1 rings (SSSR count). The van der Waals surface area contributed by atoms with Gasteiger partial charge in [-0.15, -0.1) is 12.3 Å². The van der Waals surface area contributed by atoms with Crippen LogP contribution in [0.2, 0.25) is 0 Å². The minimum Gasteiger partial charge on any atom is -0.494 e. The molecule has 0 aromatic heterocycles. The third-order valence-corrected chi connectivity index (χ3v) is 5.49. The third-order valence-electron chi connectivity index (χ3n) is 5.49. The van der Waals surface area contributed by atoms with Crippen molar-refractivity contribution in [3.05, 3.63) is 29.3 Å². The van der Waals surface area contributed by atoms with Crippen LogP contribution in [0.4, 0.5) is 0 Å². The Morgan fingerprint density at radius 3 is 1.97 bits per heavy atom. The van der Waals surface area contributed by atoms with Gasteiger partial charge in [-0.1, -0.05) is 25.7 Å². The highest BCUT2D eigenvalue weighted by Crippen LogP contribution is 2.19. The van der Waals surface area contributed by atoms with E-state index < -0.39 is 0 Å². The SMILES string of the molecule is C#CCCCCOc1cc(C(=O)NCCCCCCO)cc(C(=O)NCCCCCCOCC)c1. The van der Waals surface area contributed by atoms with E-state index in [4.69, 9.17) is 21.0 Å². The summed E-state index contributed by atoms with van der Waals surface area (Å²) < 4.78 is 11.2. The van der Waals surface area contributed by atoms with E-state index in [1.165, 1.54) is 0 Å². The van der Waals surface area contributed by atoms with Gasteiger partial charge >= 0.3 is 0 Å². The van der Waals surface area contributed by atoms with Gasteiger partial charge in [0.05, 0.1) is 6.61 Å². The Labute approximate surface area is 211 Å². The van der Waals surface area contributed by atoms with Gasteiger partial charge in [-0.25, -0.2) is 0 Å². The van der Waals surface area contributed by atoms with Crippen LogP contribution in [0.3, 0.4) is 0 Å². The summed E-state index contributed by atoms with van der Waals surface area (Å²) in [5.74, 6) is 2.67. The number of benzene rings is 1. The summed E-state index contributed by atoms with van der Waals surface area (Å²) in [6.07, 6.45) is 15.2. The fourth-order valence-corrected chi connectivity index (χ4v) is 3.49. The number of aliphatic hydroxyl groups excluding tert-OH is 1. The molecule has 0 aliphatic rings. The molecule has 35 heavy (non-hydrogen) atoms. The lowest BCUT2D eigenvalue weighted by Gasteiger charge is -2.12. The topological polar surface area (TPSA) is 96.9 Å². The van der Waals surface area contributed by atoms with Crippen molar-refractivity contribution < 1.29 is 24.2 Å². The summed E-state index contributed by atoms with van der Waals surface area (Å²) >= 11 is 0. The average molecular weight is 489 g/mol. The number of rotatable bonds is 21. The van der Waals surface area contributed by atoms with Crippen molar-refractivity contribution in [2.45, 2.75) is 77.6 Å². The van der Waals surface area contributed by atoms with Gasteiger partial charge in [0.2, 0.25) is 0 Å². The molecule has 0 aliphatic carbocycles. The molecule has 0 saturated carbocycles. The molecule has 0 saturated heterocycles. The zero-order valence-corrected chi connectivity index (χ0v) is 21.4. The van der Waals surface area contributed by atoms with Crippen LogP contribution in [0.15, 0.2) is 18.2 Å². The van der Waals surface area contributed by atoms with E-state index in [-0.39, 0.29) is 18.4 Å². The zero-order valence-electron chi connectivity index (χ0n) is 21.4. The Bertz CT molecular complexity index is 760. The summed E-state index contributed by atoms with van der Waals surface area (Å²) in [7, 11) is 0. The van der Waals surface area contributed by atoms with Gasteiger partial charge in [-0.3, -0.25) is 9.59 Å². The molecule has 1 aromatic carbocycles. The second-order valence-electron chi connectivity index (χ2n) is 8.52. The maximum atomic E-state index is 12.8. The molecule has 7 nitrogen and oxygen atoms in total. The minimum absolute atomic E-state index is 0.195. The Morgan fingerprint density at radius 1 is 0.829 bits per heavy atom. The molecular weight excluding hydrogens is 444 g/mol. The smallest absolute Gasteiger partial charge is 0.251 e. The van der Waals surface area contributed by atoms with Gasteiger partial charge in [0.25, 0.3) is 11.8 Å². The van der Waals surface area contributed by atoms with Gasteiger partial charge in [0.1, 0.15) is 5.75 Å². The molecule has 0 unspecified atom stereocenters. The molecule has 7 heteroatoms. The van der Waals surface area contributed by atoms with E-state index >= 15 is 0 Å². The molecule has 196 valence electrons. The number of hydrogen-bond acceptors (Lipinski definition) is 5. The van der Waals surface area contributed by atoms with E-state index in [2.05, 4.69) is 16.6 Å². The van der Waals surface area contributed by atoms with Gasteiger partial charge in [0.15, 0.2) is 0 Å². The lowest BCUT2D eigenvalue weighted by molar-refractivity contribution is 0.0952. The predicted molar refractivity (Wildman–Crippen MR) is 140 cm³/mol. The van der Waals surface area contributed by atoms with Crippen LogP contribution < -0.4 is 15.4 Å². The zero-order chi connectivity index (χ0) is 25.6. The first kappa shape index (κ1) is 30.5. The van der Waals surface area contributed by atoms with Gasteiger partial charge < -0.3 is 25.2 Å². The Morgan fingerprint density at radius 2 is 1.40 bits per heavy atom. The first-order chi connectivity index (χ1) is 17.1. The van der Waals surface area contributed by atoms with Crippen molar-refractivity contribution in [2.24, 2.45) is 0 Å². The monoisotopic (exact) mass is 488 g/mol. The fraction of sp³-hybridized carbons (Fsp3) is 0.643. The standard InChI is InChI=1S/C28H44N2O5/c1-3-5-6-15-20-35-26-22-24(27(32)29-16-11-7-9-13-18-31)21-25(23-26)28(33)30-17-12-8-10-14-19-34-4-2/h1,21-23,31H,4-20H2,2H3,(H,29,32)(H,30,33). The van der Waals surface area contributed by atoms with Crippen molar-refractivity contribution >= 4 is 11.8 Å². The molecule has 3 N–H and O–H groups in total. The van der Waals surface area contributed by atoms with Gasteiger partial charge in [-0.05, 0) is 63.6 Å². The number of terminal acetylenes is 1. The van der Waals surface area contributed by atoms with Crippen molar-refractivity contribution in [1.29, 1.82) is 0 Å². The maximum Gasteiger partial charge on any atom is 0.251 e. The minimum atomic E-state index is -0.228. The van der Waals surface area contributed by atoms with Gasteiger partial charge in [-0.2, -0.15) is 0 Å². The molecule has 1 aromatic rings. The molecule has 2 amide bonds. The number of ether oxygens (including phenoxy) is 2. The molecule has 0 atom stereocenters. The second-order valence-corrected chi connectivity index (χ2v) is 8.52. The van der Waals surface area contributed by atoms with Crippen molar-refractivity contribution in [3.8, 4) is 18.1 Å². The van der Waals surface area contributed by atoms with Crippen LogP contribution in [-0.4, -0.2) is 56.4 Å². The summed E-state index contributed by atoms with van der Waals surface area (Å²) in [6.45, 7) is 5.32. The summed E-state index contributed by atoms with van der Waals surface area (Å²) in [5.41, 5.74) is 0.818. The number of nitrogens with one attached hydrogen (secondary N) is 2. The molecule has 0 bridgehead atoms. The first-order valence-corrected chi connectivity index (χ1v) is 13.1. The van der Waals surface area contributed by atoms with E-state index in [9.17, 15) is 9.59 Å². The number of aliphatic hydroxyl groups is 1. The van der Waals surface area contributed by atoms with Crippen molar-refractivity contribution in [1.82, 2.24) is 10.6 Å². The van der Waals surface area contributed by atoms with Crippen molar-refractivity contribution in [2.75, 3.05) is 39.5 Å². The normalized spacial score (nSPS) is 10.5. The van der Waals surface area contributed by atoms with E-state index in [0.29, 0.717) is 43.0 Å². The summed E-state index contributed by atoms with van der Waals surface area (Å²) in [5, 5.41) is 14.7. The van der Waals surface area contributed by atoms with Crippen LogP contribution in [0, 0.1) is 12.3 Å².